The van der Waals surface area contributed by atoms with Gasteiger partial charge in [0.05, 0.1) is 26.1 Å². The number of aromatic nitrogens is 2. The van der Waals surface area contributed by atoms with Crippen LogP contribution in [0.2, 0.25) is 0 Å². The Morgan fingerprint density at radius 3 is 2.81 bits per heavy atom. The van der Waals surface area contributed by atoms with Crippen LogP contribution in [-0.4, -0.2) is 17.1 Å². The second-order valence-electron chi connectivity index (χ2n) is 6.38. The second-order valence-corrected chi connectivity index (χ2v) is 6.38. The highest BCUT2D eigenvalue weighted by Crippen LogP contribution is 2.27. The van der Waals surface area contributed by atoms with E-state index >= 15 is 0 Å². The fourth-order valence-corrected chi connectivity index (χ4v) is 2.91. The van der Waals surface area contributed by atoms with E-state index in [-0.39, 0.29) is 35.9 Å². The molecule has 2 atom stereocenters. The van der Waals surface area contributed by atoms with Crippen molar-refractivity contribution in [3.05, 3.63) is 18.2 Å². The topological polar surface area (TPSA) is 35.1 Å². The first-order valence-electron chi connectivity index (χ1n) is 7.72. The third-order valence-electron chi connectivity index (χ3n) is 4.28. The summed E-state index contributed by atoms with van der Waals surface area (Å²) in [5.41, 5.74) is 1.29. The molecule has 21 heavy (non-hydrogen) atoms. The van der Waals surface area contributed by atoms with Crippen LogP contribution < -0.4 is 28.5 Å². The minimum atomic E-state index is -0.0145. The molecule has 0 unspecified atom stereocenters. The first-order valence-corrected chi connectivity index (χ1v) is 7.72. The van der Waals surface area contributed by atoms with Gasteiger partial charge in [-0.1, -0.05) is 20.8 Å². The van der Waals surface area contributed by atoms with Crippen LogP contribution in [0.4, 0.5) is 0 Å². The molecular formula is C16H27IN2O2. The third-order valence-corrected chi connectivity index (χ3v) is 4.28. The molecule has 1 aromatic heterocycles. The summed E-state index contributed by atoms with van der Waals surface area (Å²) in [5, 5.41) is 0. The highest BCUT2D eigenvalue weighted by molar-refractivity contribution is 5.74. The number of carbonyl (C=O) groups is 1. The summed E-state index contributed by atoms with van der Waals surface area (Å²) in [6.07, 6.45) is 7.36. The van der Waals surface area contributed by atoms with Crippen LogP contribution in [0.3, 0.4) is 0 Å². The summed E-state index contributed by atoms with van der Waals surface area (Å²) in [4.78, 5) is 11.6. The predicted octanol–water partition coefficient (Wildman–Crippen LogP) is -0.896. The SMILES string of the molecule is CC[C@@H]1C(=O)OC[C@@H]1Cc1c[n+](CCC(C)C)cn1C.[I-]. The van der Waals surface area contributed by atoms with Crippen molar-refractivity contribution in [3.63, 3.8) is 0 Å². The Bertz CT molecular complexity index is 471. The minimum absolute atomic E-state index is 0. The number of hydrogen-bond acceptors (Lipinski definition) is 2. The quantitative estimate of drug-likeness (QED) is 0.349. The zero-order chi connectivity index (χ0) is 14.7. The van der Waals surface area contributed by atoms with E-state index < -0.39 is 0 Å². The number of esters is 1. The van der Waals surface area contributed by atoms with Crippen LogP contribution in [0.1, 0.15) is 39.3 Å². The summed E-state index contributed by atoms with van der Waals surface area (Å²) in [7, 11) is 2.08. The number of carbonyl (C=O) groups excluding carboxylic acids is 1. The Hall–Kier alpha value is -0.590. The van der Waals surface area contributed by atoms with E-state index in [1.165, 1.54) is 12.1 Å². The lowest BCUT2D eigenvalue weighted by Gasteiger charge is -2.10. The first kappa shape index (κ1) is 18.5. The van der Waals surface area contributed by atoms with Crippen LogP contribution in [0.15, 0.2) is 12.5 Å². The third kappa shape index (κ3) is 4.69. The van der Waals surface area contributed by atoms with Crippen LogP contribution in [0.25, 0.3) is 0 Å². The lowest BCUT2D eigenvalue weighted by molar-refractivity contribution is -0.697. The maximum Gasteiger partial charge on any atom is 0.309 e. The Morgan fingerprint density at radius 1 is 1.48 bits per heavy atom. The van der Waals surface area contributed by atoms with Crippen molar-refractivity contribution >= 4 is 5.97 Å². The number of hydrogen-bond donors (Lipinski definition) is 0. The Balaban J connectivity index is 0.00000220. The van der Waals surface area contributed by atoms with Crippen LogP contribution in [-0.2, 0) is 29.5 Å². The van der Waals surface area contributed by atoms with Gasteiger partial charge < -0.3 is 28.7 Å². The van der Waals surface area contributed by atoms with Gasteiger partial charge in [0.25, 0.3) is 0 Å². The first-order chi connectivity index (χ1) is 9.51. The van der Waals surface area contributed by atoms with Gasteiger partial charge in [0.2, 0.25) is 6.33 Å². The van der Waals surface area contributed by atoms with E-state index in [9.17, 15) is 4.79 Å². The molecule has 0 saturated carbocycles. The average molecular weight is 406 g/mol. The van der Waals surface area contributed by atoms with Gasteiger partial charge in [-0.05, 0) is 18.8 Å². The Kier molecular flexibility index (Phi) is 7.16. The molecule has 2 heterocycles. The fraction of sp³-hybridized carbons (Fsp3) is 0.750. The van der Waals surface area contributed by atoms with Crippen molar-refractivity contribution in [2.75, 3.05) is 6.61 Å². The van der Waals surface area contributed by atoms with E-state index in [0.717, 1.165) is 25.3 Å². The van der Waals surface area contributed by atoms with Gasteiger partial charge in [0.1, 0.15) is 11.9 Å². The largest absolute Gasteiger partial charge is 1.00 e. The number of nitrogens with zero attached hydrogens (tertiary/aromatic N) is 2. The van der Waals surface area contributed by atoms with E-state index in [1.54, 1.807) is 0 Å². The van der Waals surface area contributed by atoms with Crippen molar-refractivity contribution in [2.24, 2.45) is 24.8 Å². The molecule has 5 heteroatoms. The maximum absolute atomic E-state index is 11.6. The fourth-order valence-electron chi connectivity index (χ4n) is 2.91. The molecule has 1 fully saturated rings. The number of rotatable bonds is 6. The molecule has 0 radical (unpaired) electrons. The van der Waals surface area contributed by atoms with Gasteiger partial charge in [-0.2, -0.15) is 0 Å². The van der Waals surface area contributed by atoms with Gasteiger partial charge in [-0.15, -0.1) is 0 Å². The summed E-state index contributed by atoms with van der Waals surface area (Å²) in [5.74, 6) is 1.12. The van der Waals surface area contributed by atoms with Gasteiger partial charge in [0.15, 0.2) is 0 Å². The molecule has 1 aliphatic heterocycles. The summed E-state index contributed by atoms with van der Waals surface area (Å²) >= 11 is 0. The second kappa shape index (κ2) is 8.15. The molecule has 0 amide bonds. The number of cyclic esters (lactones) is 1. The number of ether oxygens (including phenoxy) is 1. The van der Waals surface area contributed by atoms with Crippen molar-refractivity contribution in [1.29, 1.82) is 0 Å². The summed E-state index contributed by atoms with van der Waals surface area (Å²) in [6.45, 7) is 8.20. The van der Waals surface area contributed by atoms with Gasteiger partial charge in [-0.3, -0.25) is 4.79 Å². The lowest BCUT2D eigenvalue weighted by Crippen LogP contribution is -3.00. The van der Waals surface area contributed by atoms with Crippen molar-refractivity contribution in [2.45, 2.75) is 46.6 Å². The Labute approximate surface area is 144 Å². The number of imidazole rings is 1. The van der Waals surface area contributed by atoms with E-state index in [0.29, 0.717) is 12.5 Å². The molecule has 0 aliphatic carbocycles. The van der Waals surface area contributed by atoms with Crippen molar-refractivity contribution < 1.29 is 38.1 Å². The van der Waals surface area contributed by atoms with Crippen LogP contribution >= 0.6 is 0 Å². The molecule has 1 aliphatic rings. The van der Waals surface area contributed by atoms with E-state index in [2.05, 4.69) is 49.5 Å². The Morgan fingerprint density at radius 2 is 2.19 bits per heavy atom. The molecule has 4 nitrogen and oxygen atoms in total. The predicted molar refractivity (Wildman–Crippen MR) is 77.0 cm³/mol. The number of halogens is 1. The number of aryl methyl sites for hydroxylation is 2. The molecule has 2 rings (SSSR count). The highest BCUT2D eigenvalue weighted by atomic mass is 127. The molecule has 0 aromatic carbocycles. The standard InChI is InChI=1S/C16H27N2O2.HI/c1-5-15-13(10-20-16(15)19)8-14-9-18(11-17(14)4)7-6-12(2)3;/h9,11-13,15H,5-8,10H2,1-4H3;1H/q+1;/p-1/t13-,15-;/m0./s1. The lowest BCUT2D eigenvalue weighted by atomic mass is 9.89. The molecule has 0 spiro atoms. The van der Waals surface area contributed by atoms with Gasteiger partial charge >= 0.3 is 5.97 Å². The molecule has 0 bridgehead atoms. The molecule has 0 N–H and O–H groups in total. The van der Waals surface area contributed by atoms with Gasteiger partial charge in [0, 0.05) is 12.3 Å². The molecule has 1 saturated heterocycles. The van der Waals surface area contributed by atoms with Crippen molar-refractivity contribution in [3.8, 4) is 0 Å². The van der Waals surface area contributed by atoms with Crippen LogP contribution in [0, 0.1) is 17.8 Å². The van der Waals surface area contributed by atoms with Crippen molar-refractivity contribution in [1.82, 2.24) is 4.57 Å². The molecule has 1 aromatic rings. The zero-order valence-electron chi connectivity index (χ0n) is 13.5. The normalized spacial score (nSPS) is 21.5. The monoisotopic (exact) mass is 406 g/mol. The summed E-state index contributed by atoms with van der Waals surface area (Å²) < 4.78 is 9.65. The van der Waals surface area contributed by atoms with Gasteiger partial charge in [-0.25, -0.2) is 9.13 Å². The molecular weight excluding hydrogens is 379 g/mol. The smallest absolute Gasteiger partial charge is 0.309 e. The summed E-state index contributed by atoms with van der Waals surface area (Å²) in [6, 6.07) is 0. The van der Waals surface area contributed by atoms with Crippen LogP contribution in [0.5, 0.6) is 0 Å². The van der Waals surface area contributed by atoms with E-state index in [4.69, 9.17) is 4.74 Å². The molecule has 120 valence electrons. The van der Waals surface area contributed by atoms with E-state index in [1.807, 2.05) is 0 Å². The minimum Gasteiger partial charge on any atom is -1.00 e. The average Bonchev–Trinajstić information content (AvgIpc) is 2.91. The zero-order valence-corrected chi connectivity index (χ0v) is 15.7. The highest BCUT2D eigenvalue weighted by Gasteiger charge is 2.36. The maximum atomic E-state index is 11.6.